The lowest BCUT2D eigenvalue weighted by Crippen LogP contribution is -2.30. The molecule has 0 aliphatic heterocycles. The fourth-order valence-electron chi connectivity index (χ4n) is 3.74. The highest BCUT2D eigenvalue weighted by Crippen LogP contribution is 2.31. The molecule has 1 aromatic heterocycles. The Morgan fingerprint density at radius 2 is 1.68 bits per heavy atom. The lowest BCUT2D eigenvalue weighted by atomic mass is 10.1. The van der Waals surface area contributed by atoms with Crippen LogP contribution in [0.4, 0.5) is 13.2 Å². The summed E-state index contributed by atoms with van der Waals surface area (Å²) in [4.78, 5) is 17.5. The van der Waals surface area contributed by atoms with Crippen LogP contribution in [0.1, 0.15) is 39.5 Å². The standard InChI is InChI=1S/C28H25F3N2O5S2/c1-2-40(36,37)23-13-7-18(8-14-23)24(15-34)33-27(35)20-5-3-19(4-6-20)25-17-39-26(32-25)16-38-22-11-9-21(10-12-22)28(29,30)31/h3-14,17,24,34H,2,15-16H2,1H3,(H,33,35)/t24-/m0/s1. The molecule has 4 rings (SSSR count). The average Bonchev–Trinajstić information content (AvgIpc) is 3.44. The maximum absolute atomic E-state index is 12.8. The summed E-state index contributed by atoms with van der Waals surface area (Å²) in [6, 6.07) is 16.4. The normalized spacial score (nSPS) is 12.6. The molecule has 12 heteroatoms. The number of benzene rings is 3. The van der Waals surface area contributed by atoms with E-state index in [1.165, 1.54) is 35.6 Å². The highest BCUT2D eigenvalue weighted by atomic mass is 32.2. The molecular weight excluding hydrogens is 565 g/mol. The third kappa shape index (κ3) is 7.06. The Morgan fingerprint density at radius 1 is 1.02 bits per heavy atom. The van der Waals surface area contributed by atoms with Crippen molar-refractivity contribution in [1.82, 2.24) is 10.3 Å². The van der Waals surface area contributed by atoms with Gasteiger partial charge in [-0.15, -0.1) is 11.3 Å². The number of halogens is 3. The second kappa shape index (κ2) is 12.2. The molecule has 0 aliphatic rings. The number of sulfone groups is 1. The van der Waals surface area contributed by atoms with Crippen molar-refractivity contribution >= 4 is 27.1 Å². The number of rotatable bonds is 10. The van der Waals surface area contributed by atoms with Gasteiger partial charge in [0.05, 0.1) is 34.6 Å². The minimum Gasteiger partial charge on any atom is -0.486 e. The summed E-state index contributed by atoms with van der Waals surface area (Å²) in [7, 11) is -3.36. The SMILES string of the molecule is CCS(=O)(=O)c1ccc([C@H](CO)NC(=O)c2ccc(-c3csc(COc4ccc(C(F)(F)F)cc4)n3)cc2)cc1. The zero-order chi connectivity index (χ0) is 28.9. The van der Waals surface area contributed by atoms with E-state index in [-0.39, 0.29) is 23.9 Å². The van der Waals surface area contributed by atoms with Crippen LogP contribution in [-0.2, 0) is 22.6 Å². The monoisotopic (exact) mass is 590 g/mol. The van der Waals surface area contributed by atoms with Gasteiger partial charge in [0, 0.05) is 16.5 Å². The van der Waals surface area contributed by atoms with Crippen molar-refractivity contribution in [1.29, 1.82) is 0 Å². The van der Waals surface area contributed by atoms with Crippen LogP contribution < -0.4 is 10.1 Å². The molecule has 2 N–H and O–H groups in total. The summed E-state index contributed by atoms with van der Waals surface area (Å²) < 4.78 is 67.7. The highest BCUT2D eigenvalue weighted by molar-refractivity contribution is 7.91. The van der Waals surface area contributed by atoms with E-state index in [1.807, 2.05) is 5.38 Å². The molecule has 0 aliphatic carbocycles. The van der Waals surface area contributed by atoms with Crippen molar-refractivity contribution in [3.63, 3.8) is 0 Å². The maximum Gasteiger partial charge on any atom is 0.416 e. The number of nitrogens with zero attached hydrogens (tertiary/aromatic N) is 1. The molecule has 0 unspecified atom stereocenters. The van der Waals surface area contributed by atoms with Gasteiger partial charge in [-0.1, -0.05) is 31.2 Å². The van der Waals surface area contributed by atoms with Crippen molar-refractivity contribution in [2.45, 2.75) is 30.6 Å². The van der Waals surface area contributed by atoms with Crippen LogP contribution in [0.15, 0.2) is 83.1 Å². The Labute approximate surface area is 233 Å². The Bertz CT molecular complexity index is 1550. The van der Waals surface area contributed by atoms with Crippen LogP contribution in [0, 0.1) is 0 Å². The zero-order valence-electron chi connectivity index (χ0n) is 21.2. The third-order valence-corrected chi connectivity index (χ3v) is 8.62. The third-order valence-electron chi connectivity index (χ3n) is 6.05. The lowest BCUT2D eigenvalue weighted by molar-refractivity contribution is -0.137. The summed E-state index contributed by atoms with van der Waals surface area (Å²) in [5.74, 6) is -0.149. The molecular formula is C28H25F3N2O5S2. The topological polar surface area (TPSA) is 106 Å². The summed E-state index contributed by atoms with van der Waals surface area (Å²) in [6.45, 7) is 1.27. The Kier molecular flexibility index (Phi) is 8.92. The number of hydrogen-bond donors (Lipinski definition) is 2. The van der Waals surface area contributed by atoms with E-state index in [4.69, 9.17) is 4.74 Å². The number of nitrogens with one attached hydrogen (secondary N) is 1. The van der Waals surface area contributed by atoms with Gasteiger partial charge in [0.2, 0.25) is 0 Å². The van der Waals surface area contributed by atoms with Crippen LogP contribution >= 0.6 is 11.3 Å². The second-order valence-corrected chi connectivity index (χ2v) is 11.9. The summed E-state index contributed by atoms with van der Waals surface area (Å²) in [5.41, 5.74) is 1.57. The molecule has 3 aromatic carbocycles. The number of ether oxygens (including phenoxy) is 1. The molecule has 1 heterocycles. The molecule has 1 atom stereocenters. The quantitative estimate of drug-likeness (QED) is 0.247. The predicted molar refractivity (Wildman–Crippen MR) is 145 cm³/mol. The minimum atomic E-state index is -4.41. The number of aliphatic hydroxyl groups excluding tert-OH is 1. The van der Waals surface area contributed by atoms with Crippen molar-refractivity contribution in [3.05, 3.63) is 99.9 Å². The van der Waals surface area contributed by atoms with E-state index in [9.17, 15) is 31.5 Å². The average molecular weight is 591 g/mol. The Hall–Kier alpha value is -3.74. The van der Waals surface area contributed by atoms with E-state index in [2.05, 4.69) is 10.3 Å². The van der Waals surface area contributed by atoms with Crippen molar-refractivity contribution in [2.75, 3.05) is 12.4 Å². The fraction of sp³-hybridized carbons (Fsp3) is 0.214. The summed E-state index contributed by atoms with van der Waals surface area (Å²) >= 11 is 1.33. The van der Waals surface area contributed by atoms with Crippen LogP contribution in [0.25, 0.3) is 11.3 Å². The van der Waals surface area contributed by atoms with Crippen molar-refractivity contribution < 1.29 is 36.2 Å². The van der Waals surface area contributed by atoms with Crippen molar-refractivity contribution in [2.24, 2.45) is 0 Å². The number of carbonyl (C=O) groups is 1. The molecule has 0 radical (unpaired) electrons. The first-order chi connectivity index (χ1) is 19.0. The molecule has 7 nitrogen and oxygen atoms in total. The second-order valence-electron chi connectivity index (χ2n) is 8.70. The first-order valence-corrected chi connectivity index (χ1v) is 14.6. The highest BCUT2D eigenvalue weighted by Gasteiger charge is 2.30. The van der Waals surface area contributed by atoms with E-state index in [0.29, 0.717) is 27.6 Å². The molecule has 0 saturated heterocycles. The van der Waals surface area contributed by atoms with Crippen molar-refractivity contribution in [3.8, 4) is 17.0 Å². The molecule has 4 aromatic rings. The van der Waals surface area contributed by atoms with Gasteiger partial charge in [-0.3, -0.25) is 4.79 Å². The molecule has 0 spiro atoms. The smallest absolute Gasteiger partial charge is 0.416 e. The van der Waals surface area contributed by atoms with E-state index >= 15 is 0 Å². The largest absolute Gasteiger partial charge is 0.486 e. The summed E-state index contributed by atoms with van der Waals surface area (Å²) in [6.07, 6.45) is -4.41. The first-order valence-electron chi connectivity index (χ1n) is 12.1. The van der Waals surface area contributed by atoms with Gasteiger partial charge in [0.25, 0.3) is 5.91 Å². The molecule has 40 heavy (non-hydrogen) atoms. The van der Waals surface area contributed by atoms with Gasteiger partial charge in [0.15, 0.2) is 9.84 Å². The van der Waals surface area contributed by atoms with Gasteiger partial charge in [-0.25, -0.2) is 13.4 Å². The van der Waals surface area contributed by atoms with Gasteiger partial charge in [-0.05, 0) is 54.1 Å². The summed E-state index contributed by atoms with van der Waals surface area (Å²) in [5, 5.41) is 15.0. The number of aromatic nitrogens is 1. The minimum absolute atomic E-state index is 0.0266. The number of thiazole rings is 1. The Balaban J connectivity index is 1.36. The van der Waals surface area contributed by atoms with Crippen LogP contribution in [0.5, 0.6) is 5.75 Å². The number of carbonyl (C=O) groups excluding carboxylic acids is 1. The number of aliphatic hydroxyl groups is 1. The molecule has 0 fully saturated rings. The molecule has 210 valence electrons. The van der Waals surface area contributed by atoms with Gasteiger partial charge in [0.1, 0.15) is 17.4 Å². The Morgan fingerprint density at radius 3 is 2.25 bits per heavy atom. The molecule has 1 amide bonds. The van der Waals surface area contributed by atoms with E-state index in [1.54, 1.807) is 43.3 Å². The fourth-order valence-corrected chi connectivity index (χ4v) is 5.34. The van der Waals surface area contributed by atoms with E-state index in [0.717, 1.165) is 17.7 Å². The zero-order valence-corrected chi connectivity index (χ0v) is 22.8. The molecule has 0 bridgehead atoms. The van der Waals surface area contributed by atoms with Crippen LogP contribution in [-0.4, -0.2) is 36.8 Å². The van der Waals surface area contributed by atoms with Crippen LogP contribution in [0.2, 0.25) is 0 Å². The van der Waals surface area contributed by atoms with E-state index < -0.39 is 33.5 Å². The molecule has 0 saturated carbocycles. The van der Waals surface area contributed by atoms with Gasteiger partial charge in [-0.2, -0.15) is 13.2 Å². The number of amides is 1. The number of alkyl halides is 3. The van der Waals surface area contributed by atoms with Crippen LogP contribution in [0.3, 0.4) is 0 Å². The van der Waals surface area contributed by atoms with Gasteiger partial charge < -0.3 is 15.2 Å². The lowest BCUT2D eigenvalue weighted by Gasteiger charge is -2.17. The van der Waals surface area contributed by atoms with Gasteiger partial charge >= 0.3 is 6.18 Å². The predicted octanol–water partition coefficient (Wildman–Crippen LogP) is 5.66. The first kappa shape index (κ1) is 29.2. The maximum atomic E-state index is 12.8. The number of hydrogen-bond acceptors (Lipinski definition) is 7.